The Bertz CT molecular complexity index is 1610. The van der Waals surface area contributed by atoms with Gasteiger partial charge in [-0.3, -0.25) is 22.8 Å². The Hall–Kier alpha value is -1.99. The first kappa shape index (κ1) is 32.9. The third-order valence-electron chi connectivity index (χ3n) is 5.23. The van der Waals surface area contributed by atoms with E-state index in [1.54, 1.807) is 6.07 Å². The van der Waals surface area contributed by atoms with Crippen LogP contribution in [0, 0.1) is 0 Å². The number of imidazole rings is 1. The molecule has 232 valence electrons. The minimum atomic E-state index is -6.43. The van der Waals surface area contributed by atoms with Crippen molar-refractivity contribution in [2.24, 2.45) is 0 Å². The molecule has 5 unspecified atom stereocenters. The van der Waals surface area contributed by atoms with Gasteiger partial charge in [0, 0.05) is 0 Å². The van der Waals surface area contributed by atoms with Crippen molar-refractivity contribution in [2.75, 3.05) is 12.3 Å². The van der Waals surface area contributed by atoms with Crippen LogP contribution < -0.4 is 25.3 Å². The molecule has 0 saturated carbocycles. The van der Waals surface area contributed by atoms with E-state index in [0.29, 0.717) is 0 Å². The topological polar surface area (TPSA) is 326 Å². The van der Waals surface area contributed by atoms with Crippen LogP contribution in [0.25, 0.3) is 11.2 Å². The number of anilines is 1. The number of fused-ring (bicyclic) bond motifs is 1. The molecule has 25 heteroatoms. The van der Waals surface area contributed by atoms with Crippen LogP contribution in [0.4, 0.5) is 5.82 Å². The zero-order valence-electron chi connectivity index (χ0n) is 20.5. The monoisotopic (exact) mass is 673 g/mol. The molecule has 8 atom stereocenters. The van der Waals surface area contributed by atoms with Gasteiger partial charge in [0.2, 0.25) is 0 Å². The van der Waals surface area contributed by atoms with Gasteiger partial charge in [-0.25, -0.2) is 27.9 Å². The predicted molar refractivity (Wildman–Crippen MR) is 127 cm³/mol. The van der Waals surface area contributed by atoms with E-state index >= 15 is 0 Å². The van der Waals surface area contributed by atoms with Crippen LogP contribution in [0.5, 0.6) is 0 Å². The second-order valence-corrected chi connectivity index (χ2v) is 14.3. The Morgan fingerprint density at radius 1 is 0.857 bits per heavy atom. The van der Waals surface area contributed by atoms with Crippen LogP contribution in [0.3, 0.4) is 0 Å². The molecule has 0 spiro atoms. The average Bonchev–Trinajstić information content (AvgIpc) is 3.42. The van der Waals surface area contributed by atoms with E-state index in [4.69, 9.17) is 10.5 Å². The largest absolute Gasteiger partial charge is 0.756 e. The summed E-state index contributed by atoms with van der Waals surface area (Å²) in [4.78, 5) is 59.2. The zero-order chi connectivity index (χ0) is 30.9. The summed E-state index contributed by atoms with van der Waals surface area (Å²) in [6.07, 6.45) is -4.31. The van der Waals surface area contributed by atoms with E-state index in [2.05, 4.69) is 36.9 Å². The standard InChI is InChI=1S/C17H23N5O16P4/c18-15-12-16(20-8-19-15)22(9-21-12)17-14(24)13(23)11(35-17)7-34-40(27,28)37-42(31,32)38-41(29,30)36-39(25,26)33-6-10-4-2-1-3-5-10/h1-5,8-9,11,13-14,17,23-24H,6-7H2,(H,25,26)(H,27,28)(H,29,30)(H,31,32)(H2,18,19,20)/p-4/t11-,13+,14?,17-/m1/s1. The molecule has 1 saturated heterocycles. The number of ether oxygens (including phenoxy) is 1. The van der Waals surface area contributed by atoms with E-state index in [-0.39, 0.29) is 22.5 Å². The Morgan fingerprint density at radius 3 is 2.10 bits per heavy atom. The van der Waals surface area contributed by atoms with Gasteiger partial charge in [0.05, 0.1) is 19.5 Å². The maximum Gasteiger partial charge on any atom is 0.280 e. The number of phosphoric ester groups is 2. The van der Waals surface area contributed by atoms with E-state index in [1.807, 2.05) is 0 Å². The number of phosphoric acid groups is 4. The van der Waals surface area contributed by atoms with Crippen molar-refractivity contribution in [1.82, 2.24) is 19.5 Å². The van der Waals surface area contributed by atoms with Gasteiger partial charge in [0.25, 0.3) is 31.3 Å². The lowest BCUT2D eigenvalue weighted by Gasteiger charge is -2.36. The average molecular weight is 673 g/mol. The lowest BCUT2D eigenvalue weighted by molar-refractivity contribution is -0.254. The molecule has 42 heavy (non-hydrogen) atoms. The van der Waals surface area contributed by atoms with Crippen LogP contribution in [-0.2, 0) is 51.6 Å². The molecule has 1 aliphatic heterocycles. The number of hydrogen-bond acceptors (Lipinski definition) is 20. The molecule has 3 heterocycles. The molecular formula is C17H19N5O16P4-4. The number of aromatic nitrogens is 4. The first-order valence-corrected chi connectivity index (χ1v) is 17.0. The summed E-state index contributed by atoms with van der Waals surface area (Å²) in [6, 6.07) is 7.46. The van der Waals surface area contributed by atoms with Crippen molar-refractivity contribution in [3.8, 4) is 0 Å². The highest BCUT2D eigenvalue weighted by molar-refractivity contribution is 7.68. The summed E-state index contributed by atoms with van der Waals surface area (Å²) in [5.74, 6) is -0.00817. The van der Waals surface area contributed by atoms with Crippen LogP contribution in [0.2, 0.25) is 0 Å². The fraction of sp³-hybridized carbons (Fsp3) is 0.353. The molecule has 0 amide bonds. The molecule has 3 aromatic rings. The second-order valence-electron chi connectivity index (χ2n) is 8.22. The summed E-state index contributed by atoms with van der Waals surface area (Å²) in [6.45, 7) is -1.85. The van der Waals surface area contributed by atoms with Crippen molar-refractivity contribution >= 4 is 48.3 Å². The van der Waals surface area contributed by atoms with Crippen LogP contribution in [0.15, 0.2) is 43.0 Å². The number of benzene rings is 1. The summed E-state index contributed by atoms with van der Waals surface area (Å²) in [7, 11) is -24.5. The van der Waals surface area contributed by atoms with Crippen molar-refractivity contribution in [2.45, 2.75) is 31.1 Å². The van der Waals surface area contributed by atoms with Crippen molar-refractivity contribution in [3.63, 3.8) is 0 Å². The molecule has 21 nitrogen and oxygen atoms in total. The van der Waals surface area contributed by atoms with Gasteiger partial charge in [0.15, 0.2) is 17.7 Å². The Balaban J connectivity index is 1.33. The van der Waals surface area contributed by atoms with Crippen LogP contribution >= 0.6 is 31.3 Å². The van der Waals surface area contributed by atoms with Gasteiger partial charge in [0.1, 0.15) is 30.2 Å². The van der Waals surface area contributed by atoms with Gasteiger partial charge in [-0.1, -0.05) is 30.3 Å². The van der Waals surface area contributed by atoms with Gasteiger partial charge in [-0.05, 0) is 5.56 Å². The fourth-order valence-electron chi connectivity index (χ4n) is 3.49. The lowest BCUT2D eigenvalue weighted by atomic mass is 10.1. The van der Waals surface area contributed by atoms with Gasteiger partial charge in [-0.15, -0.1) is 0 Å². The highest BCUT2D eigenvalue weighted by Gasteiger charge is 2.45. The van der Waals surface area contributed by atoms with Crippen molar-refractivity contribution in [3.05, 3.63) is 48.5 Å². The summed E-state index contributed by atoms with van der Waals surface area (Å²) >= 11 is 0. The minimum Gasteiger partial charge on any atom is -0.756 e. The summed E-state index contributed by atoms with van der Waals surface area (Å²) in [5, 5.41) is 20.7. The molecular weight excluding hydrogens is 654 g/mol. The zero-order valence-corrected chi connectivity index (χ0v) is 24.1. The first-order chi connectivity index (χ1) is 19.5. The number of nitrogens with zero attached hydrogens (tertiary/aromatic N) is 4. The molecule has 4 N–H and O–H groups in total. The smallest absolute Gasteiger partial charge is 0.280 e. The number of aliphatic hydroxyl groups excluding tert-OH is 2. The Morgan fingerprint density at radius 2 is 1.45 bits per heavy atom. The van der Waals surface area contributed by atoms with Crippen molar-refractivity contribution < 1.29 is 74.8 Å². The first-order valence-electron chi connectivity index (χ1n) is 11.1. The van der Waals surface area contributed by atoms with Crippen LogP contribution in [0.1, 0.15) is 11.8 Å². The molecule has 2 aromatic heterocycles. The van der Waals surface area contributed by atoms with E-state index in [9.17, 15) is 48.0 Å². The van der Waals surface area contributed by atoms with Crippen LogP contribution in [-0.4, -0.2) is 54.7 Å². The third-order valence-corrected chi connectivity index (χ3v) is 10.9. The van der Waals surface area contributed by atoms with Gasteiger partial charge >= 0.3 is 0 Å². The Kier molecular flexibility index (Phi) is 9.84. The van der Waals surface area contributed by atoms with Crippen molar-refractivity contribution in [1.29, 1.82) is 0 Å². The normalized spacial score (nSPS) is 26.7. The second kappa shape index (κ2) is 12.6. The van der Waals surface area contributed by atoms with E-state index in [0.717, 1.165) is 17.2 Å². The maximum absolute atomic E-state index is 12.1. The fourth-order valence-corrected chi connectivity index (χ4v) is 8.22. The highest BCUT2D eigenvalue weighted by atomic mass is 31.3. The third kappa shape index (κ3) is 8.34. The number of rotatable bonds is 13. The lowest BCUT2D eigenvalue weighted by Crippen LogP contribution is -2.34. The van der Waals surface area contributed by atoms with Gasteiger partial charge < -0.3 is 49.3 Å². The maximum atomic E-state index is 12.1. The molecule has 0 radical (unpaired) electrons. The Labute approximate surface area is 234 Å². The SMILES string of the molecule is Nc1ncnc2c1ncn2[C@@H]1O[C@H](COP(=O)([O-])OP(=O)([O-])OP(=O)([O-])OP(=O)([O-])OCc2ccccc2)[C@H](O)C1O. The molecule has 0 aliphatic carbocycles. The molecule has 4 rings (SSSR count). The predicted octanol–water partition coefficient (Wildman–Crippen LogP) is -1.82. The summed E-state index contributed by atoms with van der Waals surface area (Å²) in [5.41, 5.74) is 6.17. The highest BCUT2D eigenvalue weighted by Crippen LogP contribution is 2.66. The number of hydrogen-bond donors (Lipinski definition) is 3. The number of nitrogen functional groups attached to an aromatic ring is 1. The number of aliphatic hydroxyl groups is 2. The van der Waals surface area contributed by atoms with E-state index < -0.39 is 69.0 Å². The molecule has 0 bridgehead atoms. The minimum absolute atomic E-state index is 0.00817. The molecule has 1 aliphatic rings. The summed E-state index contributed by atoms with van der Waals surface area (Å²) < 4.78 is 73.4. The molecule has 1 fully saturated rings. The quantitative estimate of drug-likeness (QED) is 0.168. The van der Waals surface area contributed by atoms with Gasteiger partial charge in [-0.2, -0.15) is 0 Å². The number of nitrogens with two attached hydrogens (primary N) is 1. The molecule has 1 aromatic carbocycles. The van der Waals surface area contributed by atoms with E-state index in [1.165, 1.54) is 24.3 Å².